The first-order valence-electron chi connectivity index (χ1n) is 7.49. The zero-order chi connectivity index (χ0) is 15.8. The number of amides is 2. The molecule has 122 valence electrons. The van der Waals surface area contributed by atoms with Crippen LogP contribution in [0.3, 0.4) is 0 Å². The summed E-state index contributed by atoms with van der Waals surface area (Å²) in [5.74, 6) is 0.713. The van der Waals surface area contributed by atoms with E-state index in [1.54, 1.807) is 17.4 Å². The van der Waals surface area contributed by atoms with Crippen molar-refractivity contribution in [2.24, 2.45) is 3.21 Å². The number of nitrogens with one attached hydrogen (secondary N) is 1. The van der Waals surface area contributed by atoms with Gasteiger partial charge in [-0.05, 0) is 25.0 Å². The molecular weight excluding hydrogens is 411 g/mol. The summed E-state index contributed by atoms with van der Waals surface area (Å²) < 4.78 is 6.04. The van der Waals surface area contributed by atoms with E-state index in [1.807, 2.05) is 26.1 Å². The van der Waals surface area contributed by atoms with Gasteiger partial charge in [0.05, 0.1) is 9.82 Å². The van der Waals surface area contributed by atoms with Gasteiger partial charge in [-0.1, -0.05) is 0 Å². The number of fused-ring (bicyclic) bond motifs is 1. The first-order chi connectivity index (χ1) is 11.2. The van der Waals surface area contributed by atoms with Crippen molar-refractivity contribution in [1.29, 1.82) is 0 Å². The number of carbonyl (C=O) groups excluding carboxylic acids is 1. The molecule has 4 rings (SSSR count). The van der Waals surface area contributed by atoms with Crippen molar-refractivity contribution in [2.75, 3.05) is 23.3 Å². The van der Waals surface area contributed by atoms with Crippen molar-refractivity contribution in [2.45, 2.75) is 25.2 Å². The van der Waals surface area contributed by atoms with Crippen molar-refractivity contribution in [1.82, 2.24) is 14.8 Å². The lowest BCUT2D eigenvalue weighted by Crippen LogP contribution is -2.52. The van der Waals surface area contributed by atoms with Crippen molar-refractivity contribution in [3.63, 3.8) is 0 Å². The van der Waals surface area contributed by atoms with Gasteiger partial charge in [-0.2, -0.15) is 0 Å². The van der Waals surface area contributed by atoms with Gasteiger partial charge < -0.3 is 20.2 Å². The van der Waals surface area contributed by atoms with E-state index in [4.69, 9.17) is 0 Å². The highest BCUT2D eigenvalue weighted by Gasteiger charge is 2.36. The molecule has 0 radical (unpaired) electrons. The topological polar surface area (TPSA) is 84.3 Å². The molecule has 1 aromatic heterocycles. The van der Waals surface area contributed by atoms with Gasteiger partial charge in [-0.3, -0.25) is 4.90 Å². The number of carbonyl (C=O) groups is 1. The van der Waals surface area contributed by atoms with Crippen LogP contribution < -0.4 is 10.2 Å². The Labute approximate surface area is 143 Å². The number of anilines is 2. The van der Waals surface area contributed by atoms with E-state index in [2.05, 4.69) is 13.5 Å². The summed E-state index contributed by atoms with van der Waals surface area (Å²) in [6.45, 7) is 1.36. The van der Waals surface area contributed by atoms with Gasteiger partial charge in [0.2, 0.25) is 6.35 Å². The van der Waals surface area contributed by atoms with E-state index in [0.29, 0.717) is 18.9 Å². The lowest BCUT2D eigenvalue weighted by Gasteiger charge is -2.39. The molecule has 2 N–H and O–H groups in total. The Bertz CT molecular complexity index is 661. The molecule has 23 heavy (non-hydrogen) atoms. The Morgan fingerprint density at radius 2 is 2.22 bits per heavy atom. The number of aromatic nitrogens is 1. The maximum atomic E-state index is 12.4. The number of likely N-dealkylation sites (tertiary alicyclic amines) is 1. The molecule has 3 aliphatic heterocycles. The van der Waals surface area contributed by atoms with Crippen molar-refractivity contribution < 1.29 is 9.90 Å². The third-order valence-corrected chi connectivity index (χ3v) is 5.74. The number of urea groups is 1. The average Bonchev–Trinajstić information content (AvgIpc) is 3.21. The third kappa shape index (κ3) is 2.67. The van der Waals surface area contributed by atoms with Crippen LogP contribution in [0.25, 0.3) is 0 Å². The molecule has 0 aliphatic carbocycles. The van der Waals surface area contributed by atoms with Crippen LogP contribution in [-0.4, -0.2) is 61.9 Å². The zero-order valence-corrected chi connectivity index (χ0v) is 14.5. The molecule has 1 atom stereocenters. The number of aliphatic hydroxyl groups excluding tert-OH is 1. The molecule has 0 bridgehead atoms. The van der Waals surface area contributed by atoms with Crippen LogP contribution in [0.2, 0.25) is 0 Å². The summed E-state index contributed by atoms with van der Waals surface area (Å²) in [4.78, 5) is 22.0. The SMILES string of the molecule is O=C(N1C=NI=C1)N1CCC(N2c3cccnc3NC2O)CC1. The molecule has 1 aromatic rings. The molecule has 3 aliphatic rings. The number of nitrogens with zero attached hydrogens (tertiary/aromatic N) is 5. The predicted octanol–water partition coefficient (Wildman–Crippen LogP) is 1.16. The van der Waals surface area contributed by atoms with Crippen LogP contribution in [0, 0.1) is 0 Å². The van der Waals surface area contributed by atoms with Gasteiger partial charge in [0.25, 0.3) is 0 Å². The highest BCUT2D eigenvalue weighted by atomic mass is 127. The maximum Gasteiger partial charge on any atom is 0.329 e. The van der Waals surface area contributed by atoms with Crippen molar-refractivity contribution in [3.05, 3.63) is 18.3 Å². The number of piperidine rings is 1. The van der Waals surface area contributed by atoms with Gasteiger partial charge >= 0.3 is 6.03 Å². The minimum atomic E-state index is -0.754. The van der Waals surface area contributed by atoms with Gasteiger partial charge in [0.1, 0.15) is 6.34 Å². The standard InChI is InChI=1S/C14H17IN6O2/c22-13-18-12-11(2-1-5-16-12)21(13)10-3-6-19(7-4-10)14(23)20-8-15-17-9-20/h1-2,5,8-10,13,22H,3-4,6-7H2,(H,16,18). The van der Waals surface area contributed by atoms with Gasteiger partial charge in [-0.25, -0.2) is 13.0 Å². The number of pyridine rings is 1. The molecule has 8 nitrogen and oxygen atoms in total. The monoisotopic (exact) mass is 428 g/mol. The van der Waals surface area contributed by atoms with Crippen LogP contribution >= 0.6 is 21.0 Å². The number of halogens is 1. The van der Waals surface area contributed by atoms with Gasteiger partial charge in [-0.15, -0.1) is 0 Å². The highest BCUT2D eigenvalue weighted by molar-refractivity contribution is 14.2. The fourth-order valence-corrected chi connectivity index (χ4v) is 4.40. The van der Waals surface area contributed by atoms with Gasteiger partial charge in [0, 0.05) is 46.3 Å². The van der Waals surface area contributed by atoms with Crippen molar-refractivity contribution in [3.8, 4) is 0 Å². The molecule has 1 unspecified atom stereocenters. The molecular formula is C14H17IN6O2. The van der Waals surface area contributed by atoms with E-state index >= 15 is 0 Å². The molecule has 4 heterocycles. The second-order valence-electron chi connectivity index (χ2n) is 5.61. The molecule has 0 aromatic carbocycles. The number of hydrogen-bond acceptors (Lipinski definition) is 6. The zero-order valence-electron chi connectivity index (χ0n) is 12.3. The summed E-state index contributed by atoms with van der Waals surface area (Å²) >= 11 is -0.340. The fraction of sp³-hybridized carbons (Fsp3) is 0.429. The highest BCUT2D eigenvalue weighted by Crippen LogP contribution is 2.35. The third-order valence-electron chi connectivity index (χ3n) is 4.32. The quantitative estimate of drug-likeness (QED) is 0.657. The second kappa shape index (κ2) is 6.04. The summed E-state index contributed by atoms with van der Waals surface area (Å²) in [5, 5.41) is 13.3. The maximum absolute atomic E-state index is 12.4. The Morgan fingerprint density at radius 3 is 2.96 bits per heavy atom. The fourth-order valence-electron chi connectivity index (χ4n) is 3.20. The van der Waals surface area contributed by atoms with Gasteiger partial charge in [0.15, 0.2) is 5.82 Å². The van der Waals surface area contributed by atoms with Crippen LogP contribution in [-0.2, 0) is 0 Å². The largest absolute Gasteiger partial charge is 0.356 e. The van der Waals surface area contributed by atoms with E-state index in [0.717, 1.165) is 18.5 Å². The summed E-state index contributed by atoms with van der Waals surface area (Å²) in [6, 6.07) is 4.03. The lowest BCUT2D eigenvalue weighted by atomic mass is 10.0. The van der Waals surface area contributed by atoms with E-state index < -0.39 is 6.35 Å². The van der Waals surface area contributed by atoms with Crippen LogP contribution in [0.1, 0.15) is 12.8 Å². The lowest BCUT2D eigenvalue weighted by molar-refractivity contribution is 0.153. The Balaban J connectivity index is 1.43. The first kappa shape index (κ1) is 14.8. The average molecular weight is 428 g/mol. The summed E-state index contributed by atoms with van der Waals surface area (Å²) in [6.07, 6.45) is 4.21. The van der Waals surface area contributed by atoms with Crippen LogP contribution in [0.5, 0.6) is 0 Å². The molecule has 0 spiro atoms. The minimum absolute atomic E-state index is 0.00608. The Hall–Kier alpha value is -1.75. The van der Waals surface area contributed by atoms with Crippen LogP contribution in [0.4, 0.5) is 16.3 Å². The molecule has 9 heteroatoms. The second-order valence-corrected chi connectivity index (χ2v) is 7.28. The smallest absolute Gasteiger partial charge is 0.329 e. The number of hydrogen-bond donors (Lipinski definition) is 2. The number of aliphatic hydroxyl groups is 1. The minimum Gasteiger partial charge on any atom is -0.356 e. The molecule has 2 amide bonds. The predicted molar refractivity (Wildman–Crippen MR) is 96.8 cm³/mol. The molecule has 1 fully saturated rings. The van der Waals surface area contributed by atoms with E-state index in [9.17, 15) is 9.90 Å². The summed E-state index contributed by atoms with van der Waals surface area (Å²) in [7, 11) is 0. The van der Waals surface area contributed by atoms with Crippen molar-refractivity contribution >= 4 is 49.0 Å². The molecule has 0 saturated carbocycles. The van der Waals surface area contributed by atoms with E-state index in [1.165, 1.54) is 0 Å². The Morgan fingerprint density at radius 1 is 1.39 bits per heavy atom. The normalized spacial score (nSPS) is 23.7. The summed E-state index contributed by atoms with van der Waals surface area (Å²) in [5.41, 5.74) is 0.925. The van der Waals surface area contributed by atoms with E-state index in [-0.39, 0.29) is 33.1 Å². The van der Waals surface area contributed by atoms with Crippen LogP contribution in [0.15, 0.2) is 21.5 Å². The first-order valence-corrected chi connectivity index (χ1v) is 9.70. The Kier molecular flexibility index (Phi) is 3.89. The molecule has 1 saturated heterocycles. The number of rotatable bonds is 1.